The number of unbranched alkanes of at least 4 members (excludes halogenated alkanes) is 3. The van der Waals surface area contributed by atoms with Crippen LogP contribution in [0.15, 0.2) is 11.6 Å². The van der Waals surface area contributed by atoms with Gasteiger partial charge in [0.05, 0.1) is 5.92 Å². The quantitative estimate of drug-likeness (QED) is 0.552. The Kier molecular flexibility index (Phi) is 4.95. The third-order valence-electron chi connectivity index (χ3n) is 4.82. The number of rotatable bonds is 5. The zero-order chi connectivity index (χ0) is 13.8. The Morgan fingerprint density at radius 3 is 2.68 bits per heavy atom. The topological polar surface area (TPSA) is 34.1 Å². The number of carbonyl (C=O) groups is 2. The summed E-state index contributed by atoms with van der Waals surface area (Å²) < 4.78 is 0. The molecule has 0 heterocycles. The summed E-state index contributed by atoms with van der Waals surface area (Å²) in [4.78, 5) is 24.4. The number of ketones is 2. The third-order valence-corrected chi connectivity index (χ3v) is 4.82. The number of carbonyl (C=O) groups excluding carboxylic acids is 2. The van der Waals surface area contributed by atoms with Crippen LogP contribution in [0.2, 0.25) is 0 Å². The summed E-state index contributed by atoms with van der Waals surface area (Å²) in [5.74, 6) is 0.665. The molecule has 0 aliphatic heterocycles. The van der Waals surface area contributed by atoms with E-state index in [1.54, 1.807) is 0 Å². The Balaban J connectivity index is 2.07. The maximum absolute atomic E-state index is 12.3. The van der Waals surface area contributed by atoms with Crippen molar-refractivity contribution in [3.8, 4) is 0 Å². The average molecular weight is 262 g/mol. The molecule has 1 fully saturated rings. The standard InChI is InChI=1S/C17H26O2/c1-3-4-5-6-8-13-11-14-9-7-10-15(18)16(12(13)2)17(14)19/h11-13,16H,3-10H2,1-2H3/t12-,13-,16?/m1/s1. The van der Waals surface area contributed by atoms with Gasteiger partial charge in [-0.15, -0.1) is 0 Å². The van der Waals surface area contributed by atoms with Crippen LogP contribution < -0.4 is 0 Å². The van der Waals surface area contributed by atoms with E-state index in [4.69, 9.17) is 0 Å². The molecule has 0 spiro atoms. The second-order valence-corrected chi connectivity index (χ2v) is 6.23. The Morgan fingerprint density at radius 2 is 1.95 bits per heavy atom. The molecule has 0 aromatic heterocycles. The van der Waals surface area contributed by atoms with Gasteiger partial charge >= 0.3 is 0 Å². The zero-order valence-electron chi connectivity index (χ0n) is 12.3. The first-order valence-electron chi connectivity index (χ1n) is 7.92. The van der Waals surface area contributed by atoms with Crippen molar-refractivity contribution in [3.05, 3.63) is 11.6 Å². The molecule has 2 bridgehead atoms. The van der Waals surface area contributed by atoms with Crippen LogP contribution in [-0.4, -0.2) is 11.6 Å². The van der Waals surface area contributed by atoms with Gasteiger partial charge in [0.1, 0.15) is 5.78 Å². The summed E-state index contributed by atoms with van der Waals surface area (Å²) >= 11 is 0. The van der Waals surface area contributed by atoms with E-state index in [2.05, 4.69) is 19.9 Å². The molecular weight excluding hydrogens is 236 g/mol. The zero-order valence-corrected chi connectivity index (χ0v) is 12.3. The highest BCUT2D eigenvalue weighted by Crippen LogP contribution is 2.39. The molecule has 2 aliphatic carbocycles. The van der Waals surface area contributed by atoms with Gasteiger partial charge < -0.3 is 0 Å². The molecule has 0 saturated heterocycles. The maximum atomic E-state index is 12.3. The van der Waals surface area contributed by atoms with Crippen molar-refractivity contribution in [2.24, 2.45) is 17.8 Å². The van der Waals surface area contributed by atoms with Crippen LogP contribution in [0.4, 0.5) is 0 Å². The van der Waals surface area contributed by atoms with Gasteiger partial charge in [-0.1, -0.05) is 45.6 Å². The van der Waals surface area contributed by atoms with Crippen molar-refractivity contribution >= 4 is 11.6 Å². The molecule has 2 nitrogen and oxygen atoms in total. The van der Waals surface area contributed by atoms with E-state index in [1.165, 1.54) is 25.7 Å². The van der Waals surface area contributed by atoms with Crippen molar-refractivity contribution < 1.29 is 9.59 Å². The van der Waals surface area contributed by atoms with Crippen LogP contribution in [0.3, 0.4) is 0 Å². The van der Waals surface area contributed by atoms with Crippen molar-refractivity contribution in [2.75, 3.05) is 0 Å². The molecule has 1 saturated carbocycles. The van der Waals surface area contributed by atoms with Crippen molar-refractivity contribution in [1.82, 2.24) is 0 Å². The average Bonchev–Trinajstić information content (AvgIpc) is 2.47. The fourth-order valence-electron chi connectivity index (χ4n) is 3.59. The van der Waals surface area contributed by atoms with E-state index in [1.807, 2.05) is 0 Å². The summed E-state index contributed by atoms with van der Waals surface area (Å²) in [6.45, 7) is 4.32. The van der Waals surface area contributed by atoms with E-state index in [0.29, 0.717) is 12.3 Å². The van der Waals surface area contributed by atoms with Crippen LogP contribution in [0.1, 0.15) is 65.2 Å². The van der Waals surface area contributed by atoms with E-state index in [-0.39, 0.29) is 23.4 Å². The first-order chi connectivity index (χ1) is 9.15. The molecule has 3 atom stereocenters. The minimum Gasteiger partial charge on any atom is -0.299 e. The van der Waals surface area contributed by atoms with Crippen LogP contribution in [-0.2, 0) is 9.59 Å². The Labute approximate surface area is 116 Å². The van der Waals surface area contributed by atoms with Crippen molar-refractivity contribution in [3.63, 3.8) is 0 Å². The summed E-state index contributed by atoms with van der Waals surface area (Å²) in [5.41, 5.74) is 0.953. The fourth-order valence-corrected chi connectivity index (χ4v) is 3.59. The van der Waals surface area contributed by atoms with E-state index in [9.17, 15) is 9.59 Å². The van der Waals surface area contributed by atoms with Gasteiger partial charge in [-0.3, -0.25) is 9.59 Å². The first kappa shape index (κ1) is 14.5. The molecule has 106 valence electrons. The predicted octanol–water partition coefficient (Wildman–Crippen LogP) is 4.09. The Hall–Kier alpha value is -0.920. The highest BCUT2D eigenvalue weighted by Gasteiger charge is 2.41. The molecule has 0 radical (unpaired) electrons. The molecule has 0 aromatic carbocycles. The molecular formula is C17H26O2. The summed E-state index contributed by atoms with van der Waals surface area (Å²) in [5, 5.41) is 0. The number of Topliss-reactive ketones (excluding diaryl/α,β-unsaturated/α-hetero) is 2. The lowest BCUT2D eigenvalue weighted by molar-refractivity contribution is -0.133. The second kappa shape index (κ2) is 6.49. The monoisotopic (exact) mass is 262 g/mol. The highest BCUT2D eigenvalue weighted by molar-refractivity contribution is 6.12. The van der Waals surface area contributed by atoms with E-state index in [0.717, 1.165) is 24.8 Å². The second-order valence-electron chi connectivity index (χ2n) is 6.23. The molecule has 2 rings (SSSR count). The summed E-state index contributed by atoms with van der Waals surface area (Å²) in [7, 11) is 0. The van der Waals surface area contributed by atoms with E-state index >= 15 is 0 Å². The van der Waals surface area contributed by atoms with E-state index < -0.39 is 0 Å². The molecule has 0 N–H and O–H groups in total. The summed E-state index contributed by atoms with van der Waals surface area (Å²) in [6, 6.07) is 0. The molecule has 2 heteroatoms. The van der Waals surface area contributed by atoms with Crippen LogP contribution in [0, 0.1) is 17.8 Å². The van der Waals surface area contributed by atoms with Crippen LogP contribution in [0.25, 0.3) is 0 Å². The lowest BCUT2D eigenvalue weighted by Gasteiger charge is -2.32. The van der Waals surface area contributed by atoms with Crippen LogP contribution in [0.5, 0.6) is 0 Å². The Morgan fingerprint density at radius 1 is 1.16 bits per heavy atom. The minimum absolute atomic E-state index is 0.139. The lowest BCUT2D eigenvalue weighted by Crippen LogP contribution is -2.36. The minimum atomic E-state index is -0.321. The molecule has 19 heavy (non-hydrogen) atoms. The molecule has 0 amide bonds. The normalized spacial score (nSPS) is 31.1. The predicted molar refractivity (Wildman–Crippen MR) is 76.9 cm³/mol. The largest absolute Gasteiger partial charge is 0.299 e. The molecule has 0 aromatic rings. The van der Waals surface area contributed by atoms with Gasteiger partial charge in [0.15, 0.2) is 5.78 Å². The van der Waals surface area contributed by atoms with Gasteiger partial charge in [0.2, 0.25) is 0 Å². The van der Waals surface area contributed by atoms with Gasteiger partial charge in [-0.05, 0) is 36.7 Å². The van der Waals surface area contributed by atoms with Gasteiger partial charge in [0, 0.05) is 6.42 Å². The van der Waals surface area contributed by atoms with Crippen molar-refractivity contribution in [2.45, 2.75) is 65.2 Å². The summed E-state index contributed by atoms with van der Waals surface area (Å²) in [6.07, 6.45) is 10.7. The molecule has 2 aliphatic rings. The van der Waals surface area contributed by atoms with Crippen LogP contribution >= 0.6 is 0 Å². The lowest BCUT2D eigenvalue weighted by atomic mass is 9.70. The Bertz CT molecular complexity index is 381. The van der Waals surface area contributed by atoms with Gasteiger partial charge in [-0.2, -0.15) is 0 Å². The number of fused-ring (bicyclic) bond motifs is 2. The smallest absolute Gasteiger partial charge is 0.169 e. The van der Waals surface area contributed by atoms with Crippen molar-refractivity contribution in [1.29, 1.82) is 0 Å². The fraction of sp³-hybridized carbons (Fsp3) is 0.765. The third kappa shape index (κ3) is 3.16. The maximum Gasteiger partial charge on any atom is 0.169 e. The van der Waals surface area contributed by atoms with Gasteiger partial charge in [0.25, 0.3) is 0 Å². The SMILES string of the molecule is CCCCCC[C@@H]1C=C2CCCC(=O)C(C2=O)[C@@H]1C. The highest BCUT2D eigenvalue weighted by atomic mass is 16.2. The van der Waals surface area contributed by atoms with Gasteiger partial charge in [-0.25, -0.2) is 0 Å². The molecule has 1 unspecified atom stereocenters. The first-order valence-corrected chi connectivity index (χ1v) is 7.92. The number of hydrogen-bond acceptors (Lipinski definition) is 2. The number of allylic oxidation sites excluding steroid dienone is 2. The number of hydrogen-bond donors (Lipinski definition) is 0.